The fourth-order valence-electron chi connectivity index (χ4n) is 1.75. The summed E-state index contributed by atoms with van der Waals surface area (Å²) < 4.78 is 10.8. The van der Waals surface area contributed by atoms with Crippen molar-refractivity contribution in [3.05, 3.63) is 64.2 Å². The highest BCUT2D eigenvalue weighted by molar-refractivity contribution is 5.37. The first-order chi connectivity index (χ1) is 10.5. The van der Waals surface area contributed by atoms with Crippen molar-refractivity contribution in [2.75, 3.05) is 13.2 Å². The molecule has 116 valence electrons. The van der Waals surface area contributed by atoms with Crippen LogP contribution in [0.25, 0.3) is 0 Å². The molecule has 0 saturated carbocycles. The average molecular weight is 303 g/mol. The van der Waals surface area contributed by atoms with Gasteiger partial charge in [0.15, 0.2) is 0 Å². The topological polar surface area (TPSA) is 81.8 Å². The van der Waals surface area contributed by atoms with Gasteiger partial charge in [-0.15, -0.1) is 0 Å². The van der Waals surface area contributed by atoms with E-state index in [1.807, 2.05) is 31.2 Å². The van der Waals surface area contributed by atoms with Gasteiger partial charge in [0.25, 0.3) is 5.69 Å². The summed E-state index contributed by atoms with van der Waals surface area (Å²) in [6, 6.07) is 13.3. The maximum absolute atomic E-state index is 10.7. The second kappa shape index (κ2) is 7.42. The maximum atomic E-state index is 10.7. The number of hydrogen-bond acceptors (Lipinski definition) is 5. The van der Waals surface area contributed by atoms with Gasteiger partial charge in [-0.1, -0.05) is 23.8 Å². The molecule has 0 aliphatic carbocycles. The summed E-state index contributed by atoms with van der Waals surface area (Å²) in [5.74, 6) is 1.00. The number of ether oxygens (including phenoxy) is 2. The third kappa shape index (κ3) is 4.75. The van der Waals surface area contributed by atoms with Gasteiger partial charge in [-0.3, -0.25) is 10.1 Å². The zero-order chi connectivity index (χ0) is 15.9. The molecule has 2 aromatic carbocycles. The SMILES string of the molecule is Cc1ccc(OCC(O)COc2cccc([N+](=O)[O-])c2)cc1. The van der Waals surface area contributed by atoms with Crippen LogP contribution in [-0.4, -0.2) is 29.3 Å². The lowest BCUT2D eigenvalue weighted by atomic mass is 10.2. The van der Waals surface area contributed by atoms with Gasteiger partial charge in [0.1, 0.15) is 30.8 Å². The van der Waals surface area contributed by atoms with Gasteiger partial charge in [0.05, 0.1) is 11.0 Å². The lowest BCUT2D eigenvalue weighted by molar-refractivity contribution is -0.384. The number of aliphatic hydroxyl groups excluding tert-OH is 1. The Morgan fingerprint density at radius 2 is 1.73 bits per heavy atom. The van der Waals surface area contributed by atoms with E-state index in [-0.39, 0.29) is 18.9 Å². The number of benzene rings is 2. The van der Waals surface area contributed by atoms with Gasteiger partial charge in [-0.05, 0) is 25.1 Å². The van der Waals surface area contributed by atoms with E-state index in [2.05, 4.69) is 0 Å². The van der Waals surface area contributed by atoms with Crippen LogP contribution < -0.4 is 9.47 Å². The van der Waals surface area contributed by atoms with Crippen LogP contribution in [0, 0.1) is 17.0 Å². The summed E-state index contributed by atoms with van der Waals surface area (Å²) in [6.45, 7) is 2.05. The molecule has 0 heterocycles. The third-order valence-corrected chi connectivity index (χ3v) is 2.93. The molecule has 0 aliphatic rings. The summed E-state index contributed by atoms with van der Waals surface area (Å²) in [7, 11) is 0. The Kier molecular flexibility index (Phi) is 5.32. The number of nitrogens with zero attached hydrogens (tertiary/aromatic N) is 1. The monoisotopic (exact) mass is 303 g/mol. The smallest absolute Gasteiger partial charge is 0.273 e. The molecule has 2 aromatic rings. The number of aliphatic hydroxyl groups is 1. The molecule has 0 aromatic heterocycles. The van der Waals surface area contributed by atoms with Crippen LogP contribution in [0.2, 0.25) is 0 Å². The molecule has 1 atom stereocenters. The van der Waals surface area contributed by atoms with Crippen molar-refractivity contribution in [2.24, 2.45) is 0 Å². The lowest BCUT2D eigenvalue weighted by Crippen LogP contribution is -2.25. The van der Waals surface area contributed by atoms with E-state index in [1.54, 1.807) is 6.07 Å². The van der Waals surface area contributed by atoms with Crippen LogP contribution in [0.5, 0.6) is 11.5 Å². The van der Waals surface area contributed by atoms with E-state index in [1.165, 1.54) is 18.2 Å². The molecule has 2 rings (SSSR count). The second-order valence-electron chi connectivity index (χ2n) is 4.84. The van der Waals surface area contributed by atoms with E-state index in [0.29, 0.717) is 11.5 Å². The standard InChI is InChI=1S/C16H17NO5/c1-12-5-7-15(8-6-12)21-10-14(18)11-22-16-4-2-3-13(9-16)17(19)20/h2-9,14,18H,10-11H2,1H3. The predicted octanol–water partition coefficient (Wildman–Crippen LogP) is 2.72. The molecule has 0 amide bonds. The summed E-state index contributed by atoms with van der Waals surface area (Å²) in [5.41, 5.74) is 1.07. The molecule has 1 N–H and O–H groups in total. The molecule has 1 unspecified atom stereocenters. The quantitative estimate of drug-likeness (QED) is 0.628. The summed E-state index contributed by atoms with van der Waals surface area (Å²) in [5, 5.41) is 20.5. The zero-order valence-electron chi connectivity index (χ0n) is 12.1. The van der Waals surface area contributed by atoms with E-state index >= 15 is 0 Å². The number of nitro benzene ring substituents is 1. The van der Waals surface area contributed by atoms with Crippen LogP contribution in [0.1, 0.15) is 5.56 Å². The second-order valence-corrected chi connectivity index (χ2v) is 4.84. The largest absolute Gasteiger partial charge is 0.491 e. The molecule has 0 bridgehead atoms. The first-order valence-electron chi connectivity index (χ1n) is 6.79. The van der Waals surface area contributed by atoms with Gasteiger partial charge in [-0.25, -0.2) is 0 Å². The van der Waals surface area contributed by atoms with Crippen molar-refractivity contribution in [1.29, 1.82) is 0 Å². The maximum Gasteiger partial charge on any atom is 0.273 e. The number of non-ortho nitro benzene ring substituents is 1. The number of nitro groups is 1. The molecule has 0 fully saturated rings. The van der Waals surface area contributed by atoms with Crippen molar-refractivity contribution in [2.45, 2.75) is 13.0 Å². The van der Waals surface area contributed by atoms with Crippen LogP contribution in [0.4, 0.5) is 5.69 Å². The summed E-state index contributed by atoms with van der Waals surface area (Å²) in [6.07, 6.45) is -0.833. The molecular formula is C16H17NO5. The highest BCUT2D eigenvalue weighted by atomic mass is 16.6. The highest BCUT2D eigenvalue weighted by Gasteiger charge is 2.09. The van der Waals surface area contributed by atoms with Crippen LogP contribution in [-0.2, 0) is 0 Å². The van der Waals surface area contributed by atoms with E-state index in [9.17, 15) is 15.2 Å². The van der Waals surface area contributed by atoms with E-state index in [4.69, 9.17) is 9.47 Å². The third-order valence-electron chi connectivity index (χ3n) is 2.93. The molecule has 0 saturated heterocycles. The Morgan fingerprint density at radius 3 is 2.36 bits per heavy atom. The van der Waals surface area contributed by atoms with Crippen molar-refractivity contribution < 1.29 is 19.5 Å². The van der Waals surface area contributed by atoms with Crippen LogP contribution in [0.3, 0.4) is 0 Å². The van der Waals surface area contributed by atoms with Crippen molar-refractivity contribution in [3.63, 3.8) is 0 Å². The van der Waals surface area contributed by atoms with Gasteiger partial charge < -0.3 is 14.6 Å². The Bertz CT molecular complexity index is 627. The molecule has 22 heavy (non-hydrogen) atoms. The minimum atomic E-state index is -0.833. The first-order valence-corrected chi connectivity index (χ1v) is 6.79. The van der Waals surface area contributed by atoms with E-state index in [0.717, 1.165) is 5.56 Å². The Balaban J connectivity index is 1.80. The van der Waals surface area contributed by atoms with Gasteiger partial charge in [0, 0.05) is 6.07 Å². The Labute approximate surface area is 128 Å². The highest BCUT2D eigenvalue weighted by Crippen LogP contribution is 2.19. The number of aryl methyl sites for hydroxylation is 1. The Hall–Kier alpha value is -2.60. The number of hydrogen-bond donors (Lipinski definition) is 1. The van der Waals surface area contributed by atoms with Gasteiger partial charge in [-0.2, -0.15) is 0 Å². The molecule has 6 heteroatoms. The molecular weight excluding hydrogens is 286 g/mol. The fraction of sp³-hybridized carbons (Fsp3) is 0.250. The minimum absolute atomic E-state index is 0.00692. The van der Waals surface area contributed by atoms with Gasteiger partial charge in [0.2, 0.25) is 0 Å². The molecule has 0 radical (unpaired) electrons. The van der Waals surface area contributed by atoms with Crippen LogP contribution in [0.15, 0.2) is 48.5 Å². The first kappa shape index (κ1) is 15.8. The lowest BCUT2D eigenvalue weighted by Gasteiger charge is -2.13. The van der Waals surface area contributed by atoms with E-state index < -0.39 is 11.0 Å². The molecule has 0 spiro atoms. The van der Waals surface area contributed by atoms with Crippen molar-refractivity contribution in [1.82, 2.24) is 0 Å². The fourth-order valence-corrected chi connectivity index (χ4v) is 1.75. The minimum Gasteiger partial charge on any atom is -0.491 e. The van der Waals surface area contributed by atoms with Crippen LogP contribution >= 0.6 is 0 Å². The molecule has 0 aliphatic heterocycles. The van der Waals surface area contributed by atoms with Crippen molar-refractivity contribution >= 4 is 5.69 Å². The average Bonchev–Trinajstić information content (AvgIpc) is 2.52. The predicted molar refractivity (Wildman–Crippen MR) is 81.3 cm³/mol. The zero-order valence-corrected chi connectivity index (χ0v) is 12.1. The normalized spacial score (nSPS) is 11.7. The number of rotatable bonds is 7. The molecule has 6 nitrogen and oxygen atoms in total. The summed E-state index contributed by atoms with van der Waals surface area (Å²) in [4.78, 5) is 10.2. The van der Waals surface area contributed by atoms with Gasteiger partial charge >= 0.3 is 0 Å². The Morgan fingerprint density at radius 1 is 1.09 bits per heavy atom. The van der Waals surface area contributed by atoms with Crippen molar-refractivity contribution in [3.8, 4) is 11.5 Å². The summed E-state index contributed by atoms with van der Waals surface area (Å²) >= 11 is 0.